The lowest BCUT2D eigenvalue weighted by molar-refractivity contribution is -0.161. The summed E-state index contributed by atoms with van der Waals surface area (Å²) in [6.45, 7) is 9.46. The summed E-state index contributed by atoms with van der Waals surface area (Å²) in [5, 5.41) is 10.6. The maximum atomic E-state index is 13.0. The summed E-state index contributed by atoms with van der Waals surface area (Å²) >= 11 is 0. The Bertz CT molecular complexity index is 1720. The molecule has 5 atom stereocenters. The van der Waals surface area contributed by atoms with E-state index in [0.29, 0.717) is 31.6 Å². The van der Waals surface area contributed by atoms with Gasteiger partial charge in [-0.05, 0) is 37.5 Å². The van der Waals surface area contributed by atoms with E-state index >= 15 is 0 Å². The van der Waals surface area contributed by atoms with Gasteiger partial charge >= 0.3 is 39.5 Å². The zero-order chi connectivity index (χ0) is 65.0. The second-order valence-corrected chi connectivity index (χ2v) is 28.8. The fourth-order valence-electron chi connectivity index (χ4n) is 10.4. The van der Waals surface area contributed by atoms with Crippen LogP contribution in [0.3, 0.4) is 0 Å². The molecule has 0 aromatic carbocycles. The van der Waals surface area contributed by atoms with Crippen LogP contribution >= 0.6 is 15.6 Å². The van der Waals surface area contributed by atoms with Crippen molar-refractivity contribution in [1.29, 1.82) is 0 Å². The van der Waals surface area contributed by atoms with E-state index in [1.165, 1.54) is 161 Å². The van der Waals surface area contributed by atoms with Crippen LogP contribution in [0.2, 0.25) is 0 Å². The maximum Gasteiger partial charge on any atom is 0.472 e. The van der Waals surface area contributed by atoms with Crippen molar-refractivity contribution < 1.29 is 80.2 Å². The summed E-state index contributed by atoms with van der Waals surface area (Å²) in [5.74, 6) is -0.681. The zero-order valence-corrected chi connectivity index (χ0v) is 58.8. The van der Waals surface area contributed by atoms with Crippen LogP contribution in [0.4, 0.5) is 0 Å². The number of hydrogen-bond acceptors (Lipinski definition) is 15. The monoisotopic (exact) mass is 1300 g/mol. The Kier molecular flexibility index (Phi) is 59.9. The van der Waals surface area contributed by atoms with Crippen LogP contribution in [-0.2, 0) is 65.4 Å². The van der Waals surface area contributed by atoms with Gasteiger partial charge in [0, 0.05) is 25.7 Å². The van der Waals surface area contributed by atoms with Gasteiger partial charge in [0.2, 0.25) is 0 Å². The Labute approximate surface area is 537 Å². The Morgan fingerprint density at radius 1 is 0.307 bits per heavy atom. The highest BCUT2D eigenvalue weighted by atomic mass is 31.2. The van der Waals surface area contributed by atoms with Crippen LogP contribution in [0.25, 0.3) is 0 Å². The largest absolute Gasteiger partial charge is 0.472 e. The number of hydrogen-bond donors (Lipinski definition) is 3. The summed E-state index contributed by atoms with van der Waals surface area (Å²) in [5.41, 5.74) is 0. The molecule has 0 aliphatic heterocycles. The van der Waals surface area contributed by atoms with Gasteiger partial charge in [0.15, 0.2) is 12.2 Å². The summed E-state index contributed by atoms with van der Waals surface area (Å²) < 4.78 is 68.2. The van der Waals surface area contributed by atoms with Crippen LogP contribution in [0, 0.1) is 11.8 Å². The first-order chi connectivity index (χ1) is 42.4. The van der Waals surface area contributed by atoms with Gasteiger partial charge in [-0.15, -0.1) is 0 Å². The van der Waals surface area contributed by atoms with Crippen molar-refractivity contribution in [2.24, 2.45) is 11.8 Å². The van der Waals surface area contributed by atoms with Crippen LogP contribution in [-0.4, -0.2) is 96.7 Å². The highest BCUT2D eigenvalue weighted by molar-refractivity contribution is 7.47. The number of aliphatic hydroxyl groups is 1. The molecule has 88 heavy (non-hydrogen) atoms. The number of ether oxygens (including phenoxy) is 4. The molecule has 522 valence electrons. The smallest absolute Gasteiger partial charge is 0.462 e. The van der Waals surface area contributed by atoms with Crippen molar-refractivity contribution in [3.63, 3.8) is 0 Å². The Hall–Kier alpha value is -1.94. The molecule has 0 amide bonds. The molecule has 0 aliphatic rings. The number of phosphoric ester groups is 2. The SMILES string of the molecule is CCCCCCCCCCCCCCCCC(=O)OC[C@H](COP(=O)(O)OC[C@@H](O)COP(=O)(O)OC[C@@H](COC(=O)CCCCCCCCC(C)C)OC(=O)CCCCCCCCCCCCC)OC(=O)CCCCCCCCCCCCCC(C)C. The minimum Gasteiger partial charge on any atom is -0.462 e. The highest BCUT2D eigenvalue weighted by Crippen LogP contribution is 2.45. The van der Waals surface area contributed by atoms with Crippen LogP contribution < -0.4 is 0 Å². The van der Waals surface area contributed by atoms with Crippen LogP contribution in [0.5, 0.6) is 0 Å². The summed E-state index contributed by atoms with van der Waals surface area (Å²) in [7, 11) is -9.90. The molecule has 17 nitrogen and oxygen atoms in total. The van der Waals surface area contributed by atoms with Crippen molar-refractivity contribution in [3.8, 4) is 0 Å². The van der Waals surface area contributed by atoms with E-state index in [2.05, 4.69) is 41.5 Å². The van der Waals surface area contributed by atoms with Crippen LogP contribution in [0.15, 0.2) is 0 Å². The first-order valence-electron chi connectivity index (χ1n) is 36.0. The molecule has 2 unspecified atom stereocenters. The van der Waals surface area contributed by atoms with E-state index in [1.807, 2.05) is 0 Å². The van der Waals surface area contributed by atoms with Crippen molar-refractivity contribution in [3.05, 3.63) is 0 Å². The molecule has 0 spiro atoms. The van der Waals surface area contributed by atoms with E-state index in [0.717, 1.165) is 102 Å². The second-order valence-electron chi connectivity index (χ2n) is 25.9. The molecule has 0 saturated carbocycles. The van der Waals surface area contributed by atoms with E-state index < -0.39 is 97.5 Å². The van der Waals surface area contributed by atoms with Gasteiger partial charge in [0.1, 0.15) is 19.3 Å². The molecule has 0 aromatic rings. The quantitative estimate of drug-likeness (QED) is 0.0222. The van der Waals surface area contributed by atoms with Gasteiger partial charge in [0.25, 0.3) is 0 Å². The first-order valence-corrected chi connectivity index (χ1v) is 39.0. The zero-order valence-electron chi connectivity index (χ0n) is 57.0. The summed E-state index contributed by atoms with van der Waals surface area (Å²) in [4.78, 5) is 72.4. The summed E-state index contributed by atoms with van der Waals surface area (Å²) in [6, 6.07) is 0. The third-order valence-corrected chi connectivity index (χ3v) is 17.9. The number of aliphatic hydroxyl groups excluding tert-OH is 1. The predicted molar refractivity (Wildman–Crippen MR) is 354 cm³/mol. The molecule has 0 saturated heterocycles. The van der Waals surface area contributed by atoms with Crippen LogP contribution in [0.1, 0.15) is 350 Å². The van der Waals surface area contributed by atoms with E-state index in [9.17, 15) is 43.2 Å². The number of esters is 4. The highest BCUT2D eigenvalue weighted by Gasteiger charge is 2.30. The number of carbonyl (C=O) groups excluding carboxylic acids is 4. The van der Waals surface area contributed by atoms with Gasteiger partial charge in [0.05, 0.1) is 26.4 Å². The Morgan fingerprint density at radius 2 is 0.523 bits per heavy atom. The standard InChI is InChI=1S/C69H134O17P2/c1-7-9-11-13-15-17-19-20-21-25-28-32-39-45-51-66(71)79-57-64(85-69(74)54-48-42-34-30-26-22-24-27-31-37-43-49-61(3)4)59-83-87(75,76)81-55-63(70)56-82-88(77,78)84-60-65(58-80-67(72)52-46-40-36-35-38-44-50-62(5)6)86-68(73)53-47-41-33-29-23-18-16-14-12-10-8-2/h61-65,70H,7-60H2,1-6H3,(H,75,76)(H,77,78)/t63-,64-,65-/m1/s1. The van der Waals surface area contributed by atoms with Gasteiger partial charge in [-0.1, -0.05) is 298 Å². The number of carbonyl (C=O) groups is 4. The summed E-state index contributed by atoms with van der Waals surface area (Å²) in [6.07, 6.45) is 45.8. The van der Waals surface area contributed by atoms with E-state index in [1.54, 1.807) is 0 Å². The first kappa shape index (κ1) is 86.1. The minimum absolute atomic E-state index is 0.106. The second kappa shape index (κ2) is 61.3. The molecule has 0 aliphatic carbocycles. The molecule has 0 radical (unpaired) electrons. The molecule has 3 N–H and O–H groups in total. The molecular weight excluding hydrogens is 1160 g/mol. The van der Waals surface area contributed by atoms with Crippen molar-refractivity contribution >= 4 is 39.5 Å². The molecular formula is C69H134O17P2. The lowest BCUT2D eigenvalue weighted by Crippen LogP contribution is -2.30. The number of unbranched alkanes of at least 4 members (excludes halogenated alkanes) is 38. The fraction of sp³-hybridized carbons (Fsp3) is 0.942. The van der Waals surface area contributed by atoms with Gasteiger partial charge in [-0.2, -0.15) is 0 Å². The predicted octanol–water partition coefficient (Wildman–Crippen LogP) is 19.6. The number of rotatable bonds is 68. The normalized spacial score (nSPS) is 14.2. The average Bonchev–Trinajstić information content (AvgIpc) is 3.58. The Balaban J connectivity index is 5.24. The van der Waals surface area contributed by atoms with Crippen molar-refractivity contribution in [2.75, 3.05) is 39.6 Å². The van der Waals surface area contributed by atoms with Crippen molar-refractivity contribution in [2.45, 2.75) is 368 Å². The molecule has 19 heteroatoms. The minimum atomic E-state index is -4.95. The van der Waals surface area contributed by atoms with E-state index in [-0.39, 0.29) is 25.7 Å². The van der Waals surface area contributed by atoms with Gasteiger partial charge in [-0.3, -0.25) is 37.3 Å². The lowest BCUT2D eigenvalue weighted by atomic mass is 10.0. The maximum absolute atomic E-state index is 13.0. The lowest BCUT2D eigenvalue weighted by Gasteiger charge is -2.21. The average molecular weight is 1300 g/mol. The van der Waals surface area contributed by atoms with Crippen molar-refractivity contribution in [1.82, 2.24) is 0 Å². The Morgan fingerprint density at radius 3 is 0.773 bits per heavy atom. The number of phosphoric acid groups is 2. The molecule has 0 bridgehead atoms. The fourth-order valence-corrected chi connectivity index (χ4v) is 12.0. The molecule has 0 rings (SSSR count). The third-order valence-electron chi connectivity index (χ3n) is 16.0. The third kappa shape index (κ3) is 62.8. The molecule has 0 aromatic heterocycles. The van der Waals surface area contributed by atoms with Gasteiger partial charge < -0.3 is 33.8 Å². The van der Waals surface area contributed by atoms with E-state index in [4.69, 9.17) is 37.0 Å². The van der Waals surface area contributed by atoms with Gasteiger partial charge in [-0.25, -0.2) is 9.13 Å². The topological polar surface area (TPSA) is 237 Å². The molecule has 0 fully saturated rings. The molecule has 0 heterocycles.